The van der Waals surface area contributed by atoms with Crippen molar-refractivity contribution in [1.82, 2.24) is 9.47 Å². The molecular formula is C20H22N2. The zero-order valence-corrected chi connectivity index (χ0v) is 13.6. The lowest BCUT2D eigenvalue weighted by atomic mass is 9.99. The van der Waals surface area contributed by atoms with E-state index in [1.807, 2.05) is 0 Å². The first kappa shape index (κ1) is 13.6. The Hall–Kier alpha value is -2.06. The van der Waals surface area contributed by atoms with Crippen LogP contribution >= 0.6 is 0 Å². The average Bonchev–Trinajstić information content (AvgIpc) is 2.99. The second kappa shape index (κ2) is 4.99. The molecule has 2 heteroatoms. The van der Waals surface area contributed by atoms with Crippen molar-refractivity contribution in [2.45, 2.75) is 19.9 Å². The van der Waals surface area contributed by atoms with Crippen LogP contribution in [0.1, 0.15) is 16.7 Å². The Bertz CT molecular complexity index is 856. The monoisotopic (exact) mass is 290 g/mol. The summed E-state index contributed by atoms with van der Waals surface area (Å²) in [4.78, 5) is 2.27. The normalized spacial score (nSPS) is 12.9. The fourth-order valence-electron chi connectivity index (χ4n) is 3.66. The third-order valence-corrected chi connectivity index (χ3v) is 4.73. The molecule has 0 N–H and O–H groups in total. The number of fused-ring (bicyclic) bond motifs is 5. The largest absolute Gasteiger partial charge is 0.336 e. The number of aromatic nitrogens is 1. The molecule has 0 amide bonds. The van der Waals surface area contributed by atoms with Gasteiger partial charge < -0.3 is 9.47 Å². The summed E-state index contributed by atoms with van der Waals surface area (Å²) in [7, 11) is 4.30. The molecule has 1 aromatic heterocycles. The first-order chi connectivity index (χ1) is 10.6. The van der Waals surface area contributed by atoms with Gasteiger partial charge in [-0.3, -0.25) is 0 Å². The second-order valence-corrected chi connectivity index (χ2v) is 6.64. The molecule has 3 aromatic rings. The van der Waals surface area contributed by atoms with Crippen LogP contribution in [0.4, 0.5) is 0 Å². The quantitative estimate of drug-likeness (QED) is 0.552. The van der Waals surface area contributed by atoms with Crippen LogP contribution in [-0.4, -0.2) is 30.1 Å². The number of hydrogen-bond acceptors (Lipinski definition) is 1. The Labute approximate surface area is 132 Å². The summed E-state index contributed by atoms with van der Waals surface area (Å²) in [6, 6.07) is 15.7. The topological polar surface area (TPSA) is 8.17 Å². The third kappa shape index (κ3) is 1.98. The van der Waals surface area contributed by atoms with E-state index in [1.54, 1.807) is 0 Å². The van der Waals surface area contributed by atoms with Crippen molar-refractivity contribution in [2.24, 2.45) is 0 Å². The minimum absolute atomic E-state index is 1.01. The fourth-order valence-corrected chi connectivity index (χ4v) is 3.66. The van der Waals surface area contributed by atoms with Gasteiger partial charge in [0.15, 0.2) is 0 Å². The van der Waals surface area contributed by atoms with Crippen molar-refractivity contribution >= 4 is 10.9 Å². The molecule has 0 atom stereocenters. The minimum Gasteiger partial charge on any atom is -0.336 e. The number of benzene rings is 2. The van der Waals surface area contributed by atoms with Crippen LogP contribution in [0.5, 0.6) is 0 Å². The summed E-state index contributed by atoms with van der Waals surface area (Å²) in [5, 5.41) is 1.44. The average molecular weight is 290 g/mol. The molecule has 2 nitrogen and oxygen atoms in total. The highest BCUT2D eigenvalue weighted by atomic mass is 15.1. The number of hydrogen-bond donors (Lipinski definition) is 0. The zero-order valence-electron chi connectivity index (χ0n) is 13.6. The summed E-state index contributed by atoms with van der Waals surface area (Å²) in [6.07, 6.45) is 1.10. The summed E-state index contributed by atoms with van der Waals surface area (Å²) in [5.41, 5.74) is 8.55. The molecule has 0 bridgehead atoms. The Morgan fingerprint density at radius 2 is 1.91 bits per heavy atom. The van der Waals surface area contributed by atoms with E-state index in [1.165, 1.54) is 38.9 Å². The maximum atomic E-state index is 2.50. The van der Waals surface area contributed by atoms with E-state index in [2.05, 4.69) is 73.0 Å². The molecule has 0 radical (unpaired) electrons. The number of aryl methyl sites for hydroxylation is 1. The summed E-state index contributed by atoms with van der Waals surface area (Å²) in [6.45, 7) is 4.28. The van der Waals surface area contributed by atoms with Gasteiger partial charge in [0.2, 0.25) is 0 Å². The van der Waals surface area contributed by atoms with E-state index >= 15 is 0 Å². The predicted octanol–water partition coefficient (Wildman–Crippen LogP) is 4.08. The molecule has 0 saturated heterocycles. The van der Waals surface area contributed by atoms with Gasteiger partial charge in [-0.05, 0) is 50.7 Å². The van der Waals surface area contributed by atoms with Crippen molar-refractivity contribution < 1.29 is 0 Å². The van der Waals surface area contributed by atoms with Crippen LogP contribution in [-0.2, 0) is 13.0 Å². The van der Waals surface area contributed by atoms with E-state index in [-0.39, 0.29) is 0 Å². The van der Waals surface area contributed by atoms with E-state index in [9.17, 15) is 0 Å². The Morgan fingerprint density at radius 3 is 2.73 bits per heavy atom. The van der Waals surface area contributed by atoms with Crippen LogP contribution in [0, 0.1) is 6.92 Å². The first-order valence-corrected chi connectivity index (χ1v) is 8.00. The zero-order chi connectivity index (χ0) is 15.3. The van der Waals surface area contributed by atoms with Gasteiger partial charge in [-0.1, -0.05) is 35.9 Å². The first-order valence-electron chi connectivity index (χ1n) is 8.00. The van der Waals surface area contributed by atoms with Crippen molar-refractivity contribution in [3.63, 3.8) is 0 Å². The van der Waals surface area contributed by atoms with Gasteiger partial charge >= 0.3 is 0 Å². The van der Waals surface area contributed by atoms with Crippen molar-refractivity contribution in [2.75, 3.05) is 20.6 Å². The molecule has 0 fully saturated rings. The van der Waals surface area contributed by atoms with E-state index in [0.29, 0.717) is 0 Å². The molecule has 0 unspecified atom stereocenters. The molecule has 1 aliphatic rings. The van der Waals surface area contributed by atoms with Gasteiger partial charge in [0.1, 0.15) is 0 Å². The van der Waals surface area contributed by atoms with Gasteiger partial charge in [0, 0.05) is 29.6 Å². The van der Waals surface area contributed by atoms with Gasteiger partial charge in [-0.25, -0.2) is 0 Å². The van der Waals surface area contributed by atoms with Crippen LogP contribution in [0.15, 0.2) is 42.5 Å². The molecule has 1 aliphatic heterocycles. The lowest BCUT2D eigenvalue weighted by Gasteiger charge is -2.10. The SMILES string of the molecule is Cc1ccc2c(c1)c(CCN(C)C)c1n2Cc2ccccc2-1. The highest BCUT2D eigenvalue weighted by Gasteiger charge is 2.25. The smallest absolute Gasteiger partial charge is 0.0531 e. The molecule has 2 aromatic carbocycles. The number of likely N-dealkylation sites (N-methyl/N-ethyl adjacent to an activating group) is 1. The third-order valence-electron chi connectivity index (χ3n) is 4.73. The number of rotatable bonds is 3. The fraction of sp³-hybridized carbons (Fsp3) is 0.300. The minimum atomic E-state index is 1.01. The van der Waals surface area contributed by atoms with Crippen LogP contribution in [0.25, 0.3) is 22.2 Å². The van der Waals surface area contributed by atoms with Crippen LogP contribution in [0.2, 0.25) is 0 Å². The lowest BCUT2D eigenvalue weighted by Crippen LogP contribution is -2.15. The Kier molecular flexibility index (Phi) is 3.08. The molecule has 0 spiro atoms. The highest BCUT2D eigenvalue weighted by molar-refractivity contribution is 5.94. The lowest BCUT2D eigenvalue weighted by molar-refractivity contribution is 0.414. The van der Waals surface area contributed by atoms with Gasteiger partial charge in [-0.15, -0.1) is 0 Å². The standard InChI is InChI=1S/C20H22N2/c1-14-8-9-19-18(12-14)17(10-11-21(2)3)20-16-7-5-4-6-15(16)13-22(19)20/h4-9,12H,10-11,13H2,1-3H3. The van der Waals surface area contributed by atoms with Crippen molar-refractivity contribution in [1.29, 1.82) is 0 Å². The maximum Gasteiger partial charge on any atom is 0.0531 e. The van der Waals surface area contributed by atoms with Crippen molar-refractivity contribution in [3.8, 4) is 11.3 Å². The van der Waals surface area contributed by atoms with Gasteiger partial charge in [0.25, 0.3) is 0 Å². The Balaban J connectivity index is 1.97. The van der Waals surface area contributed by atoms with E-state index in [4.69, 9.17) is 0 Å². The summed E-state index contributed by atoms with van der Waals surface area (Å²) in [5.74, 6) is 0. The van der Waals surface area contributed by atoms with E-state index < -0.39 is 0 Å². The Morgan fingerprint density at radius 1 is 1.09 bits per heavy atom. The maximum absolute atomic E-state index is 2.50. The van der Waals surface area contributed by atoms with Crippen molar-refractivity contribution in [3.05, 3.63) is 59.2 Å². The summed E-state index contributed by atoms with van der Waals surface area (Å²) >= 11 is 0. The predicted molar refractivity (Wildman–Crippen MR) is 93.5 cm³/mol. The molecule has 22 heavy (non-hydrogen) atoms. The molecular weight excluding hydrogens is 268 g/mol. The highest BCUT2D eigenvalue weighted by Crippen LogP contribution is 2.41. The summed E-state index contributed by atoms with van der Waals surface area (Å²) < 4.78 is 2.50. The van der Waals surface area contributed by atoms with Gasteiger partial charge in [-0.2, -0.15) is 0 Å². The van der Waals surface area contributed by atoms with E-state index in [0.717, 1.165) is 19.5 Å². The molecule has 0 saturated carbocycles. The van der Waals surface area contributed by atoms with Gasteiger partial charge in [0.05, 0.1) is 5.69 Å². The molecule has 0 aliphatic carbocycles. The number of nitrogens with zero attached hydrogens (tertiary/aromatic N) is 2. The molecule has 4 rings (SSSR count). The van der Waals surface area contributed by atoms with Crippen LogP contribution in [0.3, 0.4) is 0 Å². The molecule has 112 valence electrons. The second-order valence-electron chi connectivity index (χ2n) is 6.64. The van der Waals surface area contributed by atoms with Crippen LogP contribution < -0.4 is 0 Å². The molecule has 2 heterocycles.